The maximum Gasteiger partial charge on any atom is 0.0705 e. The summed E-state index contributed by atoms with van der Waals surface area (Å²) in [6, 6.07) is 22.4. The molecule has 0 spiro atoms. The zero-order chi connectivity index (χ0) is 34.6. The quantitative estimate of drug-likeness (QED) is 0.192. The van der Waals surface area contributed by atoms with Crippen LogP contribution < -0.4 is 0 Å². The molecule has 2 aromatic carbocycles. The second kappa shape index (κ2) is 16.5. The summed E-state index contributed by atoms with van der Waals surface area (Å²) in [5.41, 5.74) is 13.6. The molecule has 0 unspecified atom stereocenters. The predicted molar refractivity (Wildman–Crippen MR) is 213 cm³/mol. The maximum absolute atomic E-state index is 4.42. The van der Waals surface area contributed by atoms with Gasteiger partial charge in [-0.2, -0.15) is 0 Å². The molecule has 1 aliphatic carbocycles. The van der Waals surface area contributed by atoms with Gasteiger partial charge in [-0.25, -0.2) is 0 Å². The lowest BCUT2D eigenvalue weighted by atomic mass is 9.95. The fraction of sp³-hybridized carbons (Fsp3) is 0.444. The van der Waals surface area contributed by atoms with Crippen LogP contribution in [0.4, 0.5) is 0 Å². The second-order valence-corrected chi connectivity index (χ2v) is 15.1. The number of hydrogen-bond acceptors (Lipinski definition) is 1. The van der Waals surface area contributed by atoms with Gasteiger partial charge in [-0.05, 0) is 117 Å². The summed E-state index contributed by atoms with van der Waals surface area (Å²) in [4.78, 5) is 7.75. The van der Waals surface area contributed by atoms with Crippen LogP contribution in [0.2, 0.25) is 0 Å². The van der Waals surface area contributed by atoms with Crippen molar-refractivity contribution >= 4 is 21.8 Å². The van der Waals surface area contributed by atoms with E-state index in [2.05, 4.69) is 172 Å². The lowest BCUT2D eigenvalue weighted by Gasteiger charge is -2.12. The van der Waals surface area contributed by atoms with Crippen molar-refractivity contribution in [1.29, 1.82) is 0 Å². The second-order valence-electron chi connectivity index (χ2n) is 15.1. The number of aromatic amines is 1. The number of aromatic nitrogens is 3. The van der Waals surface area contributed by atoms with Gasteiger partial charge < -0.3 is 9.55 Å². The molecule has 0 saturated heterocycles. The Morgan fingerprint density at radius 3 is 1.67 bits per heavy atom. The van der Waals surface area contributed by atoms with Gasteiger partial charge in [0.1, 0.15) is 0 Å². The Kier molecular flexibility index (Phi) is 13.3. The summed E-state index contributed by atoms with van der Waals surface area (Å²) in [5.74, 6) is 3.50. The van der Waals surface area contributed by atoms with E-state index in [1.165, 1.54) is 60.9 Å². The van der Waals surface area contributed by atoms with Gasteiger partial charge >= 0.3 is 0 Å². The van der Waals surface area contributed by atoms with Crippen molar-refractivity contribution in [3.05, 3.63) is 113 Å². The fourth-order valence-corrected chi connectivity index (χ4v) is 6.34. The molecule has 0 bridgehead atoms. The van der Waals surface area contributed by atoms with Gasteiger partial charge in [0.05, 0.1) is 5.52 Å². The zero-order valence-corrected chi connectivity index (χ0v) is 31.4. The molecule has 6 rings (SSSR count). The number of fused-ring (bicyclic) bond motifs is 3. The first-order chi connectivity index (χ1) is 22.2. The minimum atomic E-state index is 0. The van der Waals surface area contributed by atoms with Crippen LogP contribution in [0.3, 0.4) is 0 Å². The minimum Gasteiger partial charge on any atom is -0.361 e. The first-order valence-corrected chi connectivity index (χ1v) is 17.8. The van der Waals surface area contributed by atoms with Crippen LogP contribution in [0.25, 0.3) is 33.1 Å². The first-order valence-electron chi connectivity index (χ1n) is 17.8. The highest BCUT2D eigenvalue weighted by molar-refractivity contribution is 5.85. The molecule has 0 amide bonds. The Morgan fingerprint density at radius 1 is 0.542 bits per heavy atom. The third kappa shape index (κ3) is 8.78. The van der Waals surface area contributed by atoms with E-state index in [1.54, 1.807) is 0 Å². The summed E-state index contributed by atoms with van der Waals surface area (Å²) in [6.07, 6.45) is 6.22. The van der Waals surface area contributed by atoms with Crippen molar-refractivity contribution in [2.24, 2.45) is 7.05 Å². The van der Waals surface area contributed by atoms with Crippen LogP contribution in [0.15, 0.2) is 79.3 Å². The number of nitrogens with one attached hydrogen (secondary N) is 1. The van der Waals surface area contributed by atoms with Gasteiger partial charge in [-0.3, -0.25) is 4.98 Å². The van der Waals surface area contributed by atoms with E-state index < -0.39 is 0 Å². The SMILES string of the molecule is C.CC(C)c1cc2[nH]ccc(C(C)C)c-2c1.CC(C)c1ccc2c(c1)c(C(C)C)cn2C.CC(C)c1ccc2nccc(C(C)C)c2c1. The summed E-state index contributed by atoms with van der Waals surface area (Å²) in [7, 11) is 2.13. The van der Waals surface area contributed by atoms with Crippen molar-refractivity contribution in [1.82, 2.24) is 14.5 Å². The van der Waals surface area contributed by atoms with Gasteiger partial charge in [0.15, 0.2) is 0 Å². The van der Waals surface area contributed by atoms with Crippen molar-refractivity contribution in [2.45, 2.75) is 126 Å². The lowest BCUT2D eigenvalue weighted by molar-refractivity contribution is 0.856. The van der Waals surface area contributed by atoms with Crippen molar-refractivity contribution < 1.29 is 0 Å². The molecule has 2 aliphatic rings. The normalized spacial score (nSPS) is 11.6. The smallest absolute Gasteiger partial charge is 0.0705 e. The number of hydrogen-bond donors (Lipinski definition) is 1. The Hall–Kier alpha value is -3.85. The third-order valence-corrected chi connectivity index (χ3v) is 9.43. The van der Waals surface area contributed by atoms with Crippen LogP contribution >= 0.6 is 0 Å². The Balaban J connectivity index is 0.000000193. The molecular formula is C45H63N3. The average molecular weight is 646 g/mol. The van der Waals surface area contributed by atoms with E-state index in [9.17, 15) is 0 Å². The molecule has 258 valence electrons. The van der Waals surface area contributed by atoms with E-state index in [0.717, 1.165) is 5.52 Å². The molecule has 4 aromatic rings. The van der Waals surface area contributed by atoms with Crippen LogP contribution in [-0.2, 0) is 7.05 Å². The largest absolute Gasteiger partial charge is 0.361 e. The first kappa shape index (κ1) is 38.6. The number of nitrogens with zero attached hydrogens (tertiary/aromatic N) is 2. The minimum absolute atomic E-state index is 0. The maximum atomic E-state index is 4.42. The molecular weight excluding hydrogens is 583 g/mol. The van der Waals surface area contributed by atoms with Crippen LogP contribution in [-0.4, -0.2) is 14.5 Å². The number of pyridine rings is 2. The third-order valence-electron chi connectivity index (χ3n) is 9.43. The molecule has 0 fully saturated rings. The van der Waals surface area contributed by atoms with Crippen molar-refractivity contribution in [3.8, 4) is 11.3 Å². The summed E-state index contributed by atoms with van der Waals surface area (Å²) in [6.45, 7) is 26.9. The summed E-state index contributed by atoms with van der Waals surface area (Å²) in [5, 5.41) is 2.73. The predicted octanol–water partition coefficient (Wildman–Crippen LogP) is 13.9. The Morgan fingerprint density at radius 2 is 1.10 bits per heavy atom. The summed E-state index contributed by atoms with van der Waals surface area (Å²) >= 11 is 0. The number of rotatable bonds is 6. The fourth-order valence-electron chi connectivity index (χ4n) is 6.34. The lowest BCUT2D eigenvalue weighted by Crippen LogP contribution is -1.94. The van der Waals surface area contributed by atoms with Gasteiger partial charge in [-0.15, -0.1) is 0 Å². The van der Waals surface area contributed by atoms with Gasteiger partial charge in [0.25, 0.3) is 0 Å². The van der Waals surface area contributed by atoms with E-state index in [0.29, 0.717) is 35.5 Å². The molecule has 0 atom stereocenters. The monoisotopic (exact) mass is 646 g/mol. The van der Waals surface area contributed by atoms with Crippen molar-refractivity contribution in [2.75, 3.05) is 0 Å². The molecule has 2 aromatic heterocycles. The molecule has 0 saturated carbocycles. The molecule has 1 aliphatic heterocycles. The number of aryl methyl sites for hydroxylation is 1. The molecule has 3 heterocycles. The topological polar surface area (TPSA) is 33.6 Å². The highest BCUT2D eigenvalue weighted by atomic mass is 14.9. The highest BCUT2D eigenvalue weighted by Crippen LogP contribution is 2.34. The molecule has 3 nitrogen and oxygen atoms in total. The molecule has 48 heavy (non-hydrogen) atoms. The summed E-state index contributed by atoms with van der Waals surface area (Å²) < 4.78 is 2.23. The van der Waals surface area contributed by atoms with Gasteiger partial charge in [-0.1, -0.05) is 103 Å². The Bertz CT molecular complexity index is 1860. The van der Waals surface area contributed by atoms with E-state index in [4.69, 9.17) is 0 Å². The van der Waals surface area contributed by atoms with Crippen molar-refractivity contribution in [3.63, 3.8) is 0 Å². The molecule has 1 N–H and O–H groups in total. The van der Waals surface area contributed by atoms with Gasteiger partial charge in [0.2, 0.25) is 0 Å². The van der Waals surface area contributed by atoms with Crippen LogP contribution in [0, 0.1) is 0 Å². The molecule has 0 radical (unpaired) electrons. The molecule has 3 heteroatoms. The Labute approximate surface area is 292 Å². The van der Waals surface area contributed by atoms with E-state index in [-0.39, 0.29) is 7.43 Å². The van der Waals surface area contributed by atoms with E-state index >= 15 is 0 Å². The number of benzene rings is 2. The van der Waals surface area contributed by atoms with Crippen LogP contribution in [0.1, 0.15) is 159 Å². The van der Waals surface area contributed by atoms with Gasteiger partial charge in [0, 0.05) is 53.2 Å². The van der Waals surface area contributed by atoms with E-state index in [1.807, 2.05) is 12.4 Å². The number of H-pyrrole nitrogens is 1. The standard InChI is InChI=1S/C15H21N.C15H19N.C14H19N.CH4/c1-10(2)12-6-7-15-13(8-12)14(11(3)4)9-16(15)5;1-10(2)12-5-6-15-14(9-12)13(11(3)4)7-8-16-15;1-9(2)11-7-13-12(10(3)4)5-6-15-14(13)8-11;/h6-11H,1-5H3;5-11H,1-4H3;5-10,15H,1-4H3;1H4. The average Bonchev–Trinajstić information content (AvgIpc) is 3.62. The zero-order valence-electron chi connectivity index (χ0n) is 31.4. The van der Waals surface area contributed by atoms with Crippen LogP contribution in [0.5, 0.6) is 0 Å². The highest BCUT2D eigenvalue weighted by Gasteiger charge is 2.15.